The summed E-state index contributed by atoms with van der Waals surface area (Å²) in [6.45, 7) is 2.91. The van der Waals surface area contributed by atoms with Gasteiger partial charge in [0.2, 0.25) is 5.91 Å². The van der Waals surface area contributed by atoms with Gasteiger partial charge < -0.3 is 4.90 Å². The lowest BCUT2D eigenvalue weighted by Crippen LogP contribution is -2.28. The molecule has 0 spiro atoms. The second-order valence-corrected chi connectivity index (χ2v) is 6.39. The maximum atomic E-state index is 12.0. The summed E-state index contributed by atoms with van der Waals surface area (Å²) in [5, 5.41) is 2.47. The zero-order chi connectivity index (χ0) is 13.4. The van der Waals surface area contributed by atoms with E-state index in [0.717, 1.165) is 6.54 Å². The number of likely N-dealkylation sites (tertiary alicyclic amines) is 1. The van der Waals surface area contributed by atoms with Crippen molar-refractivity contribution in [2.24, 2.45) is 0 Å². The number of amides is 1. The summed E-state index contributed by atoms with van der Waals surface area (Å²) in [7, 11) is 0. The fourth-order valence-electron chi connectivity index (χ4n) is 2.84. The van der Waals surface area contributed by atoms with Crippen molar-refractivity contribution in [2.45, 2.75) is 24.2 Å². The van der Waals surface area contributed by atoms with Crippen molar-refractivity contribution in [1.29, 1.82) is 0 Å². The van der Waals surface area contributed by atoms with Gasteiger partial charge >= 0.3 is 0 Å². The number of benzene rings is 2. The van der Waals surface area contributed by atoms with Gasteiger partial charge in [-0.05, 0) is 23.3 Å². The second-order valence-electron chi connectivity index (χ2n) is 5.09. The predicted octanol–water partition coefficient (Wildman–Crippen LogP) is 3.90. The van der Waals surface area contributed by atoms with Crippen LogP contribution in [0.4, 0.5) is 0 Å². The first kappa shape index (κ1) is 12.7. The number of hydrogen-bond acceptors (Lipinski definition) is 1. The molecule has 19 heavy (non-hydrogen) atoms. The number of rotatable bonds is 2. The number of carbonyl (C=O) groups excluding carboxylic acids is 1. The molecule has 3 heteroatoms. The lowest BCUT2D eigenvalue weighted by molar-refractivity contribution is -0.129. The van der Waals surface area contributed by atoms with Crippen molar-refractivity contribution in [3.63, 3.8) is 0 Å². The van der Waals surface area contributed by atoms with Crippen LogP contribution in [0.5, 0.6) is 0 Å². The molecule has 1 aliphatic heterocycles. The van der Waals surface area contributed by atoms with Gasteiger partial charge in [-0.3, -0.25) is 4.79 Å². The van der Waals surface area contributed by atoms with Crippen LogP contribution < -0.4 is 0 Å². The molecule has 1 aliphatic rings. The quantitative estimate of drug-likeness (QED) is 0.769. The number of nitrogens with zero attached hydrogens (tertiary/aromatic N) is 1. The minimum Gasteiger partial charge on any atom is -0.335 e. The third kappa shape index (κ3) is 2.27. The van der Waals surface area contributed by atoms with E-state index in [2.05, 4.69) is 59.3 Å². The van der Waals surface area contributed by atoms with Crippen LogP contribution in [0.25, 0.3) is 10.8 Å². The number of fused-ring (bicyclic) bond motifs is 1. The molecular weight excluding hydrogens is 302 g/mol. The monoisotopic (exact) mass is 317 g/mol. The molecule has 1 saturated heterocycles. The Morgan fingerprint density at radius 2 is 1.95 bits per heavy atom. The summed E-state index contributed by atoms with van der Waals surface area (Å²) in [5.41, 5.74) is 1.23. The highest BCUT2D eigenvalue weighted by atomic mass is 79.9. The minimum absolute atomic E-state index is 0.126. The molecule has 98 valence electrons. The maximum absolute atomic E-state index is 12.0. The van der Waals surface area contributed by atoms with Crippen molar-refractivity contribution < 1.29 is 4.79 Å². The van der Waals surface area contributed by atoms with Crippen LogP contribution in [0, 0.1) is 0 Å². The summed E-state index contributed by atoms with van der Waals surface area (Å²) in [5.74, 6) is 0.238. The Morgan fingerprint density at radius 3 is 2.68 bits per heavy atom. The van der Waals surface area contributed by atoms with Gasteiger partial charge in [0.15, 0.2) is 0 Å². The van der Waals surface area contributed by atoms with Crippen molar-refractivity contribution in [2.75, 3.05) is 6.54 Å². The SMILES string of the molecule is C[C@@H](c1cccc2ccccc12)N1CC(Br)CC1=O. The number of carbonyl (C=O) groups is 1. The summed E-state index contributed by atoms with van der Waals surface area (Å²) in [6.07, 6.45) is 0.606. The molecule has 2 nitrogen and oxygen atoms in total. The molecule has 2 atom stereocenters. The summed E-state index contributed by atoms with van der Waals surface area (Å²) in [6, 6.07) is 14.8. The molecule has 0 N–H and O–H groups in total. The zero-order valence-corrected chi connectivity index (χ0v) is 12.4. The van der Waals surface area contributed by atoms with Crippen LogP contribution in [0.2, 0.25) is 0 Å². The average molecular weight is 318 g/mol. The minimum atomic E-state index is 0.126. The van der Waals surface area contributed by atoms with Gasteiger partial charge in [-0.15, -0.1) is 0 Å². The molecule has 0 aliphatic carbocycles. The summed E-state index contributed by atoms with van der Waals surface area (Å²) >= 11 is 3.55. The molecule has 1 heterocycles. The Balaban J connectivity index is 2.02. The van der Waals surface area contributed by atoms with Crippen molar-refractivity contribution in [3.8, 4) is 0 Å². The molecule has 2 aromatic rings. The Labute approximate surface area is 121 Å². The summed E-state index contributed by atoms with van der Waals surface area (Å²) < 4.78 is 0. The van der Waals surface area contributed by atoms with E-state index < -0.39 is 0 Å². The van der Waals surface area contributed by atoms with E-state index in [9.17, 15) is 4.79 Å². The Kier molecular flexibility index (Phi) is 3.31. The van der Waals surface area contributed by atoms with E-state index in [1.165, 1.54) is 16.3 Å². The number of halogens is 1. The largest absolute Gasteiger partial charge is 0.335 e. The van der Waals surface area contributed by atoms with Gasteiger partial charge in [0.25, 0.3) is 0 Å². The topological polar surface area (TPSA) is 20.3 Å². The molecule has 0 bridgehead atoms. The van der Waals surface area contributed by atoms with Gasteiger partial charge in [0.05, 0.1) is 6.04 Å². The average Bonchev–Trinajstić information content (AvgIpc) is 2.76. The first-order valence-corrected chi connectivity index (χ1v) is 7.49. The van der Waals surface area contributed by atoms with Gasteiger partial charge in [-0.25, -0.2) is 0 Å². The Bertz CT molecular complexity index is 620. The lowest BCUT2D eigenvalue weighted by atomic mass is 9.99. The fourth-order valence-corrected chi connectivity index (χ4v) is 3.43. The molecule has 0 saturated carbocycles. The van der Waals surface area contributed by atoms with E-state index in [-0.39, 0.29) is 16.8 Å². The highest BCUT2D eigenvalue weighted by molar-refractivity contribution is 9.09. The van der Waals surface area contributed by atoms with Crippen LogP contribution in [-0.2, 0) is 4.79 Å². The molecule has 0 aromatic heterocycles. The smallest absolute Gasteiger partial charge is 0.224 e. The highest BCUT2D eigenvalue weighted by Crippen LogP contribution is 2.32. The van der Waals surface area contributed by atoms with Crippen molar-refractivity contribution >= 4 is 32.6 Å². The van der Waals surface area contributed by atoms with Gasteiger partial charge in [-0.1, -0.05) is 58.4 Å². The Hall–Kier alpha value is -1.35. The fraction of sp³-hybridized carbons (Fsp3) is 0.312. The Morgan fingerprint density at radius 1 is 1.21 bits per heavy atom. The zero-order valence-electron chi connectivity index (χ0n) is 10.8. The van der Waals surface area contributed by atoms with E-state index in [1.54, 1.807) is 0 Å². The van der Waals surface area contributed by atoms with E-state index in [0.29, 0.717) is 6.42 Å². The van der Waals surface area contributed by atoms with E-state index in [1.807, 2.05) is 11.0 Å². The van der Waals surface area contributed by atoms with Crippen LogP contribution >= 0.6 is 15.9 Å². The summed E-state index contributed by atoms with van der Waals surface area (Å²) in [4.78, 5) is 14.3. The number of hydrogen-bond donors (Lipinski definition) is 0. The van der Waals surface area contributed by atoms with Crippen LogP contribution in [0.15, 0.2) is 42.5 Å². The second kappa shape index (κ2) is 4.97. The standard InChI is InChI=1S/C16H16BrNO/c1-11(18-10-13(17)9-16(18)19)14-8-4-6-12-5-2-3-7-15(12)14/h2-8,11,13H,9-10H2,1H3/t11-,13?/m0/s1. The molecule has 1 fully saturated rings. The normalized spacial score (nSPS) is 21.1. The lowest BCUT2D eigenvalue weighted by Gasteiger charge is -2.26. The molecule has 3 rings (SSSR count). The van der Waals surface area contributed by atoms with E-state index in [4.69, 9.17) is 0 Å². The van der Waals surface area contributed by atoms with E-state index >= 15 is 0 Å². The molecular formula is C16H16BrNO. The highest BCUT2D eigenvalue weighted by Gasteiger charge is 2.32. The first-order chi connectivity index (χ1) is 9.16. The van der Waals surface area contributed by atoms with Gasteiger partial charge in [0.1, 0.15) is 0 Å². The third-order valence-corrected chi connectivity index (χ3v) is 4.47. The van der Waals surface area contributed by atoms with Gasteiger partial charge in [0, 0.05) is 17.8 Å². The molecule has 1 unspecified atom stereocenters. The van der Waals surface area contributed by atoms with Crippen LogP contribution in [-0.4, -0.2) is 22.2 Å². The van der Waals surface area contributed by atoms with Gasteiger partial charge in [-0.2, -0.15) is 0 Å². The first-order valence-electron chi connectivity index (χ1n) is 6.58. The molecule has 2 aromatic carbocycles. The predicted molar refractivity (Wildman–Crippen MR) is 81.4 cm³/mol. The third-order valence-electron chi connectivity index (χ3n) is 3.85. The van der Waals surface area contributed by atoms with Crippen molar-refractivity contribution in [3.05, 3.63) is 48.0 Å². The number of alkyl halides is 1. The molecule has 1 amide bonds. The molecule has 0 radical (unpaired) electrons. The van der Waals surface area contributed by atoms with Crippen molar-refractivity contribution in [1.82, 2.24) is 4.90 Å². The maximum Gasteiger partial charge on any atom is 0.224 e. The van der Waals surface area contributed by atoms with Crippen LogP contribution in [0.3, 0.4) is 0 Å². The van der Waals surface area contributed by atoms with Crippen LogP contribution in [0.1, 0.15) is 24.9 Å².